The van der Waals surface area contributed by atoms with E-state index < -0.39 is 0 Å². The average Bonchev–Trinajstić information content (AvgIpc) is 2.63. The fraction of sp³-hybridized carbons (Fsp3) is 0.125. The van der Waals surface area contributed by atoms with Gasteiger partial charge in [0.15, 0.2) is 5.13 Å². The van der Waals surface area contributed by atoms with Crippen molar-refractivity contribution < 1.29 is 0 Å². The minimum Gasteiger partial charge on any atom is -0.375 e. The molecule has 0 saturated heterocycles. The highest BCUT2D eigenvalue weighted by Gasteiger charge is 2.00. The smallest absolute Gasteiger partial charge is 0.181 e. The van der Waals surface area contributed by atoms with Gasteiger partial charge in [-0.25, -0.2) is 15.0 Å². The Labute approximate surface area is 89.6 Å². The van der Waals surface area contributed by atoms with Gasteiger partial charge in [-0.3, -0.25) is 0 Å². The van der Waals surface area contributed by atoms with E-state index in [-0.39, 0.29) is 0 Å². The first kappa shape index (κ1) is 9.42. The molecule has 6 heteroatoms. The van der Waals surface area contributed by atoms with E-state index in [1.807, 2.05) is 12.4 Å². The van der Waals surface area contributed by atoms with Gasteiger partial charge in [-0.15, -0.1) is 11.8 Å². The first-order valence-corrected chi connectivity index (χ1v) is 5.73. The monoisotopic (exact) mass is 224 g/mol. The quantitative estimate of drug-likeness (QED) is 0.805. The van der Waals surface area contributed by atoms with Crippen molar-refractivity contribution in [2.75, 3.05) is 5.73 Å². The maximum Gasteiger partial charge on any atom is 0.181 e. The zero-order chi connectivity index (χ0) is 9.80. The van der Waals surface area contributed by atoms with E-state index in [9.17, 15) is 0 Å². The van der Waals surface area contributed by atoms with Crippen LogP contribution in [0.4, 0.5) is 5.13 Å². The number of thiazole rings is 1. The van der Waals surface area contributed by atoms with E-state index in [2.05, 4.69) is 15.0 Å². The summed E-state index contributed by atoms with van der Waals surface area (Å²) < 4.78 is 1.12. The summed E-state index contributed by atoms with van der Waals surface area (Å²) in [6, 6.07) is 0. The van der Waals surface area contributed by atoms with Gasteiger partial charge in [0.1, 0.15) is 6.33 Å². The molecule has 0 saturated carbocycles. The van der Waals surface area contributed by atoms with Crippen molar-refractivity contribution in [2.24, 2.45) is 0 Å². The number of nitrogens with two attached hydrogens (primary N) is 1. The number of thioether (sulfide) groups is 1. The van der Waals surface area contributed by atoms with Gasteiger partial charge in [-0.2, -0.15) is 0 Å². The van der Waals surface area contributed by atoms with Crippen molar-refractivity contribution >= 4 is 28.2 Å². The molecule has 2 N–H and O–H groups in total. The first-order chi connectivity index (χ1) is 6.84. The van der Waals surface area contributed by atoms with Gasteiger partial charge < -0.3 is 5.73 Å². The molecule has 4 nitrogen and oxygen atoms in total. The predicted octanol–water partition coefficient (Wildman–Crippen LogP) is 1.81. The van der Waals surface area contributed by atoms with Crippen LogP contribution in [-0.2, 0) is 5.75 Å². The Morgan fingerprint density at radius 3 is 2.71 bits per heavy atom. The van der Waals surface area contributed by atoms with E-state index in [1.54, 1.807) is 18.0 Å². The third-order valence-corrected chi connectivity index (χ3v) is 3.59. The Bertz CT molecular complexity index is 401. The fourth-order valence-corrected chi connectivity index (χ4v) is 2.57. The molecule has 0 aliphatic rings. The molecule has 2 rings (SSSR count). The van der Waals surface area contributed by atoms with Crippen LogP contribution in [0.5, 0.6) is 0 Å². The third-order valence-electron chi connectivity index (χ3n) is 1.50. The Morgan fingerprint density at radius 1 is 1.29 bits per heavy atom. The molecular formula is C8H8N4S2. The number of anilines is 1. The molecule has 0 bridgehead atoms. The molecule has 0 spiro atoms. The van der Waals surface area contributed by atoms with Crippen LogP contribution >= 0.6 is 23.1 Å². The summed E-state index contributed by atoms with van der Waals surface area (Å²) in [7, 11) is 0. The summed E-state index contributed by atoms with van der Waals surface area (Å²) in [5.41, 5.74) is 6.62. The Balaban J connectivity index is 1.95. The largest absolute Gasteiger partial charge is 0.375 e. The second kappa shape index (κ2) is 4.39. The lowest BCUT2D eigenvalue weighted by Gasteiger charge is -1.96. The molecule has 0 aliphatic carbocycles. The van der Waals surface area contributed by atoms with Crippen LogP contribution in [0.15, 0.2) is 29.1 Å². The van der Waals surface area contributed by atoms with Crippen LogP contribution in [-0.4, -0.2) is 15.0 Å². The first-order valence-electron chi connectivity index (χ1n) is 3.92. The molecule has 2 heterocycles. The number of nitrogen functional groups attached to an aromatic ring is 1. The highest BCUT2D eigenvalue weighted by atomic mass is 32.2. The number of aromatic nitrogens is 3. The molecule has 0 fully saturated rings. The summed E-state index contributed by atoms with van der Waals surface area (Å²) in [4.78, 5) is 11.9. The van der Waals surface area contributed by atoms with Crippen LogP contribution in [0.2, 0.25) is 0 Å². The molecule has 72 valence electrons. The normalized spacial score (nSPS) is 10.3. The SMILES string of the molecule is Nc1ncc(SCc2cncnc2)s1. The van der Waals surface area contributed by atoms with Gasteiger partial charge in [0, 0.05) is 18.1 Å². The summed E-state index contributed by atoms with van der Waals surface area (Å²) in [6.45, 7) is 0. The zero-order valence-electron chi connectivity index (χ0n) is 7.25. The molecule has 14 heavy (non-hydrogen) atoms. The molecular weight excluding hydrogens is 216 g/mol. The van der Waals surface area contributed by atoms with E-state index in [0.29, 0.717) is 5.13 Å². The highest BCUT2D eigenvalue weighted by Crippen LogP contribution is 2.28. The molecule has 0 amide bonds. The lowest BCUT2D eigenvalue weighted by Crippen LogP contribution is -1.83. The third kappa shape index (κ3) is 2.43. The predicted molar refractivity (Wildman–Crippen MR) is 58.1 cm³/mol. The average molecular weight is 224 g/mol. The fourth-order valence-electron chi connectivity index (χ4n) is 0.898. The molecule has 2 aromatic rings. The van der Waals surface area contributed by atoms with E-state index in [0.717, 1.165) is 15.5 Å². The van der Waals surface area contributed by atoms with Crippen LogP contribution in [0.25, 0.3) is 0 Å². The van der Waals surface area contributed by atoms with Crippen molar-refractivity contribution in [1.29, 1.82) is 0 Å². The van der Waals surface area contributed by atoms with Gasteiger partial charge in [-0.05, 0) is 5.56 Å². The second-order valence-electron chi connectivity index (χ2n) is 2.55. The summed E-state index contributed by atoms with van der Waals surface area (Å²) in [6.07, 6.45) is 6.93. The molecule has 0 aromatic carbocycles. The number of hydrogen-bond acceptors (Lipinski definition) is 6. The van der Waals surface area contributed by atoms with E-state index in [4.69, 9.17) is 5.73 Å². The zero-order valence-corrected chi connectivity index (χ0v) is 8.88. The summed E-state index contributed by atoms with van der Waals surface area (Å²) >= 11 is 3.19. The van der Waals surface area contributed by atoms with Crippen LogP contribution in [0.3, 0.4) is 0 Å². The van der Waals surface area contributed by atoms with Crippen molar-refractivity contribution in [3.05, 3.63) is 30.5 Å². The Hall–Kier alpha value is -1.14. The Morgan fingerprint density at radius 2 is 2.07 bits per heavy atom. The van der Waals surface area contributed by atoms with Gasteiger partial charge in [0.25, 0.3) is 0 Å². The maximum absolute atomic E-state index is 5.52. The summed E-state index contributed by atoms with van der Waals surface area (Å²) in [5, 5.41) is 0.608. The van der Waals surface area contributed by atoms with E-state index >= 15 is 0 Å². The summed E-state index contributed by atoms with van der Waals surface area (Å²) in [5.74, 6) is 0.850. The number of hydrogen-bond donors (Lipinski definition) is 1. The minimum atomic E-state index is 0.608. The Kier molecular flexibility index (Phi) is 2.95. The van der Waals surface area contributed by atoms with Crippen LogP contribution < -0.4 is 5.73 Å². The topological polar surface area (TPSA) is 64.7 Å². The van der Waals surface area contributed by atoms with Crippen molar-refractivity contribution in [3.63, 3.8) is 0 Å². The molecule has 0 radical (unpaired) electrons. The van der Waals surface area contributed by atoms with Gasteiger partial charge in [0.2, 0.25) is 0 Å². The molecule has 0 atom stereocenters. The van der Waals surface area contributed by atoms with Gasteiger partial charge in [0.05, 0.1) is 10.4 Å². The van der Waals surface area contributed by atoms with Crippen LogP contribution in [0, 0.1) is 0 Å². The second-order valence-corrected chi connectivity index (χ2v) is 4.89. The van der Waals surface area contributed by atoms with Gasteiger partial charge in [-0.1, -0.05) is 11.3 Å². The lowest BCUT2D eigenvalue weighted by molar-refractivity contribution is 1.12. The van der Waals surface area contributed by atoms with E-state index in [1.165, 1.54) is 17.7 Å². The maximum atomic E-state index is 5.52. The minimum absolute atomic E-state index is 0.608. The number of rotatable bonds is 3. The van der Waals surface area contributed by atoms with Crippen molar-refractivity contribution in [2.45, 2.75) is 9.96 Å². The van der Waals surface area contributed by atoms with Crippen molar-refractivity contribution in [1.82, 2.24) is 15.0 Å². The van der Waals surface area contributed by atoms with Crippen LogP contribution in [0.1, 0.15) is 5.56 Å². The molecule has 0 aliphatic heterocycles. The molecule has 2 aromatic heterocycles. The number of nitrogens with zero attached hydrogens (tertiary/aromatic N) is 3. The molecule has 0 unspecified atom stereocenters. The van der Waals surface area contributed by atoms with Gasteiger partial charge >= 0.3 is 0 Å². The lowest BCUT2D eigenvalue weighted by atomic mass is 10.4. The standard InChI is InChI=1S/C8H8N4S2/c9-8-12-3-7(14-8)13-4-6-1-10-5-11-2-6/h1-3,5H,4H2,(H2,9,12). The highest BCUT2D eigenvalue weighted by molar-refractivity contribution is 8.00. The van der Waals surface area contributed by atoms with Crippen molar-refractivity contribution in [3.8, 4) is 0 Å².